The summed E-state index contributed by atoms with van der Waals surface area (Å²) in [5.41, 5.74) is 2.71. The molecule has 3 heteroatoms. The fourth-order valence-corrected chi connectivity index (χ4v) is 2.21. The van der Waals surface area contributed by atoms with Gasteiger partial charge in [-0.1, -0.05) is 42.5 Å². The fourth-order valence-electron chi connectivity index (χ4n) is 2.21. The van der Waals surface area contributed by atoms with Gasteiger partial charge < -0.3 is 9.47 Å². The lowest BCUT2D eigenvalue weighted by Gasteiger charge is -2.12. The Hall–Kier alpha value is -2.29. The third-order valence-corrected chi connectivity index (χ3v) is 3.25. The predicted octanol–water partition coefficient (Wildman–Crippen LogP) is 3.27. The van der Waals surface area contributed by atoms with Crippen LogP contribution in [-0.4, -0.2) is 20.2 Å². The number of hydrogen-bond donors (Lipinski definition) is 0. The standard InChI is InChI=1S/C17H18O3/c1-19-15-10-6-9-14(16(15)17(18)20-2)12-11-13-7-4-3-5-8-13/h3-10H,11-12H2,1-2H3. The Bertz CT molecular complexity index is 576. The van der Waals surface area contributed by atoms with Crippen molar-refractivity contribution in [1.29, 1.82) is 0 Å². The summed E-state index contributed by atoms with van der Waals surface area (Å²) in [5, 5.41) is 0. The maximum atomic E-state index is 11.9. The van der Waals surface area contributed by atoms with Gasteiger partial charge in [-0.25, -0.2) is 4.79 Å². The highest BCUT2D eigenvalue weighted by Crippen LogP contribution is 2.24. The van der Waals surface area contributed by atoms with E-state index >= 15 is 0 Å². The lowest BCUT2D eigenvalue weighted by atomic mass is 9.99. The van der Waals surface area contributed by atoms with Gasteiger partial charge >= 0.3 is 5.97 Å². The number of hydrogen-bond acceptors (Lipinski definition) is 3. The molecule has 0 aliphatic carbocycles. The second-order valence-corrected chi connectivity index (χ2v) is 4.47. The molecule has 0 saturated carbocycles. The fraction of sp³-hybridized carbons (Fsp3) is 0.235. The van der Waals surface area contributed by atoms with Crippen molar-refractivity contribution in [3.63, 3.8) is 0 Å². The SMILES string of the molecule is COC(=O)c1c(CCc2ccccc2)cccc1OC. The van der Waals surface area contributed by atoms with Crippen molar-refractivity contribution in [3.8, 4) is 5.75 Å². The van der Waals surface area contributed by atoms with Crippen LogP contribution in [-0.2, 0) is 17.6 Å². The van der Waals surface area contributed by atoms with Crippen molar-refractivity contribution >= 4 is 5.97 Å². The van der Waals surface area contributed by atoms with E-state index in [4.69, 9.17) is 9.47 Å². The minimum absolute atomic E-state index is 0.356. The second kappa shape index (κ2) is 6.75. The van der Waals surface area contributed by atoms with Crippen LogP contribution < -0.4 is 4.74 Å². The van der Waals surface area contributed by atoms with Crippen molar-refractivity contribution in [1.82, 2.24) is 0 Å². The molecule has 0 spiro atoms. The minimum Gasteiger partial charge on any atom is -0.496 e. The van der Waals surface area contributed by atoms with Crippen molar-refractivity contribution in [2.45, 2.75) is 12.8 Å². The van der Waals surface area contributed by atoms with Crippen molar-refractivity contribution in [3.05, 3.63) is 65.2 Å². The number of aryl methyl sites for hydroxylation is 2. The highest BCUT2D eigenvalue weighted by Gasteiger charge is 2.17. The van der Waals surface area contributed by atoms with Gasteiger partial charge in [0.2, 0.25) is 0 Å². The van der Waals surface area contributed by atoms with E-state index in [0.717, 1.165) is 18.4 Å². The van der Waals surface area contributed by atoms with E-state index in [2.05, 4.69) is 12.1 Å². The summed E-state index contributed by atoms with van der Waals surface area (Å²) in [6.07, 6.45) is 1.64. The number of benzene rings is 2. The van der Waals surface area contributed by atoms with Gasteiger partial charge in [0, 0.05) is 0 Å². The first-order valence-corrected chi connectivity index (χ1v) is 6.54. The molecule has 0 unspecified atom stereocenters. The number of carbonyl (C=O) groups is 1. The third-order valence-electron chi connectivity index (χ3n) is 3.25. The summed E-state index contributed by atoms with van der Waals surface area (Å²) in [4.78, 5) is 11.9. The average molecular weight is 270 g/mol. The number of methoxy groups -OCH3 is 2. The smallest absolute Gasteiger partial charge is 0.341 e. The van der Waals surface area contributed by atoms with Crippen LogP contribution >= 0.6 is 0 Å². The molecule has 2 aromatic carbocycles. The number of esters is 1. The maximum Gasteiger partial charge on any atom is 0.341 e. The average Bonchev–Trinajstić information content (AvgIpc) is 2.52. The maximum absolute atomic E-state index is 11.9. The molecule has 104 valence electrons. The van der Waals surface area contributed by atoms with Crippen molar-refractivity contribution in [2.24, 2.45) is 0 Å². The molecule has 2 rings (SSSR count). The van der Waals surface area contributed by atoms with Crippen LogP contribution in [0.1, 0.15) is 21.5 Å². The summed E-state index contributed by atoms with van der Waals surface area (Å²) >= 11 is 0. The van der Waals surface area contributed by atoms with Gasteiger partial charge in [-0.05, 0) is 30.0 Å². The van der Waals surface area contributed by atoms with Gasteiger partial charge in [0.15, 0.2) is 0 Å². The van der Waals surface area contributed by atoms with E-state index in [1.54, 1.807) is 13.2 Å². The number of ether oxygens (including phenoxy) is 2. The first-order chi connectivity index (χ1) is 9.76. The highest BCUT2D eigenvalue weighted by molar-refractivity contribution is 5.94. The molecule has 0 amide bonds. The van der Waals surface area contributed by atoms with Gasteiger partial charge in [-0.3, -0.25) is 0 Å². The Labute approximate surface area is 119 Å². The van der Waals surface area contributed by atoms with Gasteiger partial charge in [-0.2, -0.15) is 0 Å². The number of rotatable bonds is 5. The summed E-state index contributed by atoms with van der Waals surface area (Å²) in [6, 6.07) is 15.8. The van der Waals surface area contributed by atoms with Gasteiger partial charge in [-0.15, -0.1) is 0 Å². The molecule has 2 aromatic rings. The lowest BCUT2D eigenvalue weighted by Crippen LogP contribution is -2.09. The van der Waals surface area contributed by atoms with Crippen LogP contribution in [0.3, 0.4) is 0 Å². The molecule has 0 N–H and O–H groups in total. The van der Waals surface area contributed by atoms with Gasteiger partial charge in [0.05, 0.1) is 14.2 Å². The molecule has 0 radical (unpaired) electrons. The molecular formula is C17H18O3. The molecule has 0 bridgehead atoms. The Morgan fingerprint density at radius 2 is 1.70 bits per heavy atom. The van der Waals surface area contributed by atoms with E-state index < -0.39 is 0 Å². The van der Waals surface area contributed by atoms with Crippen molar-refractivity contribution in [2.75, 3.05) is 14.2 Å². The zero-order chi connectivity index (χ0) is 14.4. The molecule has 3 nitrogen and oxygen atoms in total. The lowest BCUT2D eigenvalue weighted by molar-refractivity contribution is 0.0596. The van der Waals surface area contributed by atoms with Crippen LogP contribution in [0.4, 0.5) is 0 Å². The van der Waals surface area contributed by atoms with E-state index in [-0.39, 0.29) is 5.97 Å². The summed E-state index contributed by atoms with van der Waals surface area (Å²) in [5.74, 6) is 0.202. The zero-order valence-electron chi connectivity index (χ0n) is 11.8. The van der Waals surface area contributed by atoms with Crippen LogP contribution in [0.2, 0.25) is 0 Å². The van der Waals surface area contributed by atoms with Crippen LogP contribution in [0, 0.1) is 0 Å². The molecule has 0 heterocycles. The zero-order valence-corrected chi connectivity index (χ0v) is 11.8. The molecule has 0 saturated heterocycles. The Balaban J connectivity index is 2.25. The molecule has 0 aromatic heterocycles. The number of carbonyl (C=O) groups excluding carboxylic acids is 1. The van der Waals surface area contributed by atoms with E-state index in [1.807, 2.05) is 30.3 Å². The monoisotopic (exact) mass is 270 g/mol. The molecule has 20 heavy (non-hydrogen) atoms. The van der Waals surface area contributed by atoms with E-state index in [0.29, 0.717) is 11.3 Å². The Morgan fingerprint density at radius 3 is 2.35 bits per heavy atom. The van der Waals surface area contributed by atoms with Crippen LogP contribution in [0.5, 0.6) is 5.75 Å². The predicted molar refractivity (Wildman–Crippen MR) is 78.2 cm³/mol. The Kier molecular flexibility index (Phi) is 4.77. The molecule has 0 aliphatic heterocycles. The quantitative estimate of drug-likeness (QED) is 0.782. The normalized spacial score (nSPS) is 10.1. The summed E-state index contributed by atoms with van der Waals surface area (Å²) in [7, 11) is 2.94. The molecule has 0 fully saturated rings. The highest BCUT2D eigenvalue weighted by atomic mass is 16.5. The third kappa shape index (κ3) is 3.18. The minimum atomic E-state index is -0.356. The van der Waals surface area contributed by atoms with Gasteiger partial charge in [0.1, 0.15) is 11.3 Å². The molecule has 0 aliphatic rings. The summed E-state index contributed by atoms with van der Waals surface area (Å²) < 4.78 is 10.1. The second-order valence-electron chi connectivity index (χ2n) is 4.47. The Morgan fingerprint density at radius 1 is 0.950 bits per heavy atom. The first-order valence-electron chi connectivity index (χ1n) is 6.54. The summed E-state index contributed by atoms with van der Waals surface area (Å²) in [6.45, 7) is 0. The first kappa shape index (κ1) is 14.1. The van der Waals surface area contributed by atoms with Crippen LogP contribution in [0.15, 0.2) is 48.5 Å². The van der Waals surface area contributed by atoms with E-state index in [9.17, 15) is 4.79 Å². The van der Waals surface area contributed by atoms with Crippen molar-refractivity contribution < 1.29 is 14.3 Å². The topological polar surface area (TPSA) is 35.5 Å². The van der Waals surface area contributed by atoms with Crippen LogP contribution in [0.25, 0.3) is 0 Å². The molecule has 0 atom stereocenters. The van der Waals surface area contributed by atoms with Gasteiger partial charge in [0.25, 0.3) is 0 Å². The molecular weight excluding hydrogens is 252 g/mol. The largest absolute Gasteiger partial charge is 0.496 e. The van der Waals surface area contributed by atoms with E-state index in [1.165, 1.54) is 12.7 Å².